The molecule has 4 N–H and O–H groups in total. The van der Waals surface area contributed by atoms with Gasteiger partial charge in [0.2, 0.25) is 15.9 Å². The van der Waals surface area contributed by atoms with Crippen molar-refractivity contribution in [3.63, 3.8) is 0 Å². The fraction of sp³-hybridized carbons (Fsp3) is 0.185. The number of carbonyl (C=O) groups is 2. The predicted molar refractivity (Wildman–Crippen MR) is 157 cm³/mol. The van der Waals surface area contributed by atoms with Crippen molar-refractivity contribution in [2.45, 2.75) is 34.5 Å². The number of imidazole rings is 1. The number of rotatable bonds is 8. The zero-order valence-electron chi connectivity index (χ0n) is 23.1. The zero-order chi connectivity index (χ0) is 33.3. The minimum absolute atomic E-state index is 0.106. The molecule has 6 rings (SSSR count). The van der Waals surface area contributed by atoms with Gasteiger partial charge in [0, 0.05) is 0 Å². The Balaban J connectivity index is 0.000000537. The lowest BCUT2D eigenvalue weighted by atomic mass is 10.0. The van der Waals surface area contributed by atoms with Gasteiger partial charge in [-0.15, -0.1) is 11.3 Å². The number of carbonyl (C=O) groups excluding carboxylic acids is 1. The summed E-state index contributed by atoms with van der Waals surface area (Å²) in [6.07, 6.45) is -2.20. The Morgan fingerprint density at radius 1 is 1.13 bits per heavy atom. The van der Waals surface area contributed by atoms with E-state index in [1.165, 1.54) is 18.7 Å². The first-order valence-corrected chi connectivity index (χ1v) is 16.9. The number of halogens is 3. The number of alkyl halides is 3. The molecule has 1 saturated heterocycles. The van der Waals surface area contributed by atoms with Crippen molar-refractivity contribution in [1.82, 2.24) is 24.4 Å². The van der Waals surface area contributed by atoms with E-state index in [-0.39, 0.29) is 17.1 Å². The summed E-state index contributed by atoms with van der Waals surface area (Å²) in [6, 6.07) is 16.5. The lowest BCUT2D eigenvalue weighted by Gasteiger charge is -2.17. The summed E-state index contributed by atoms with van der Waals surface area (Å²) in [6.45, 7) is 0. The first kappa shape index (κ1) is 32.8. The molecule has 1 aliphatic heterocycles. The van der Waals surface area contributed by atoms with Gasteiger partial charge in [-0.05, 0) is 41.8 Å². The summed E-state index contributed by atoms with van der Waals surface area (Å²) in [5.74, 6) is -2.39. The van der Waals surface area contributed by atoms with Gasteiger partial charge in [-0.3, -0.25) is 9.52 Å². The Hall–Kier alpha value is -4.59. The topological polar surface area (TPSA) is 201 Å². The van der Waals surface area contributed by atoms with Gasteiger partial charge in [0.15, 0.2) is 12.2 Å². The fourth-order valence-electron chi connectivity index (χ4n) is 4.46. The van der Waals surface area contributed by atoms with E-state index in [1.54, 1.807) is 30.3 Å². The number of aromatic amines is 1. The zero-order valence-corrected chi connectivity index (χ0v) is 25.5. The van der Waals surface area contributed by atoms with E-state index in [0.717, 1.165) is 22.4 Å². The Bertz CT molecular complexity index is 2060. The van der Waals surface area contributed by atoms with Gasteiger partial charge in [0.25, 0.3) is 10.0 Å². The van der Waals surface area contributed by atoms with Crippen molar-refractivity contribution >= 4 is 54.3 Å². The molecule has 4 heterocycles. The van der Waals surface area contributed by atoms with Gasteiger partial charge in [-0.2, -0.15) is 17.9 Å². The van der Waals surface area contributed by atoms with Crippen LogP contribution in [0.3, 0.4) is 0 Å². The molecule has 0 saturated carbocycles. The number of fused-ring (bicyclic) bond motifs is 1. The van der Waals surface area contributed by atoms with Crippen molar-refractivity contribution in [3.8, 4) is 10.6 Å². The molecule has 13 nitrogen and oxygen atoms in total. The lowest BCUT2D eigenvalue weighted by molar-refractivity contribution is -0.192. The minimum Gasteiger partial charge on any atom is -0.475 e. The summed E-state index contributed by atoms with van der Waals surface area (Å²) < 4.78 is 93.3. The SMILES string of the molecule is O=C(O)C(F)(F)F.O=C1CC(c2ccc(C[C@H](NS(=O)(=O)c3ccc(-c4cnco4)s3)c3nc4ccccc4[nH]3)cc2)S(=O)(=O)N1. The van der Waals surface area contributed by atoms with Crippen LogP contribution in [-0.4, -0.2) is 54.9 Å². The molecule has 46 heavy (non-hydrogen) atoms. The summed E-state index contributed by atoms with van der Waals surface area (Å²) in [7, 11) is -7.72. The standard InChI is InChI=1S/C25H21N5O6S3.C2HF3O2/c31-23-12-22(38(32,33)30-23)16-7-5-15(6-8-16)11-19(25-27-17-3-1-2-4-18(17)28-25)29-39(34,35)24-10-9-21(37-24)20-13-26-14-36-20;3-2(4,5)1(6)7/h1-10,13-14,19,22,29H,11-12H2,(H,27,28)(H,30,31);(H,6,7)/t19-,22?;/m0./s1. The number of oxazole rings is 1. The number of nitrogens with one attached hydrogen (secondary N) is 3. The van der Waals surface area contributed by atoms with Crippen LogP contribution in [-0.2, 0) is 36.1 Å². The molecule has 1 amide bonds. The fourth-order valence-corrected chi connectivity index (χ4v) is 8.37. The van der Waals surface area contributed by atoms with Crippen molar-refractivity contribution in [2.24, 2.45) is 0 Å². The Kier molecular flexibility index (Phi) is 9.03. The van der Waals surface area contributed by atoms with Gasteiger partial charge in [0.1, 0.15) is 15.3 Å². The number of sulfonamides is 2. The molecule has 2 aromatic carbocycles. The lowest BCUT2D eigenvalue weighted by Crippen LogP contribution is -2.30. The summed E-state index contributed by atoms with van der Waals surface area (Å²) >= 11 is 1.06. The number of hydrogen-bond donors (Lipinski definition) is 4. The highest BCUT2D eigenvalue weighted by molar-refractivity contribution is 7.91. The maximum atomic E-state index is 13.4. The number of nitrogens with zero attached hydrogens (tertiary/aromatic N) is 2. The average molecular weight is 698 g/mol. The van der Waals surface area contributed by atoms with E-state index in [4.69, 9.17) is 14.3 Å². The minimum atomic E-state index is -5.08. The van der Waals surface area contributed by atoms with E-state index < -0.39 is 49.4 Å². The molecular weight excluding hydrogens is 676 g/mol. The van der Waals surface area contributed by atoms with E-state index >= 15 is 0 Å². The van der Waals surface area contributed by atoms with Crippen LogP contribution in [0.15, 0.2) is 81.9 Å². The van der Waals surface area contributed by atoms with Crippen LogP contribution in [0.1, 0.15) is 34.7 Å². The number of H-pyrrole nitrogens is 1. The number of thiophene rings is 1. The molecule has 5 aromatic rings. The Labute approximate surface area is 262 Å². The molecule has 19 heteroatoms. The van der Waals surface area contributed by atoms with E-state index in [9.17, 15) is 34.8 Å². The van der Waals surface area contributed by atoms with E-state index in [0.29, 0.717) is 27.5 Å². The molecule has 1 unspecified atom stereocenters. The quantitative estimate of drug-likeness (QED) is 0.183. The number of carboxylic acid groups (broad SMARTS) is 1. The van der Waals surface area contributed by atoms with E-state index in [1.807, 2.05) is 29.0 Å². The maximum absolute atomic E-state index is 13.4. The molecule has 242 valence electrons. The molecule has 0 bridgehead atoms. The molecular formula is C27H22F3N5O8S3. The highest BCUT2D eigenvalue weighted by Crippen LogP contribution is 2.33. The third-order valence-electron chi connectivity index (χ3n) is 6.59. The van der Waals surface area contributed by atoms with E-state index in [2.05, 4.69) is 19.7 Å². The van der Waals surface area contributed by atoms with Crippen LogP contribution in [0.4, 0.5) is 13.2 Å². The molecule has 1 fully saturated rings. The average Bonchev–Trinajstić information content (AvgIpc) is 3.78. The van der Waals surface area contributed by atoms with Crippen LogP contribution < -0.4 is 9.44 Å². The smallest absolute Gasteiger partial charge is 0.475 e. The number of para-hydroxylation sites is 2. The number of aromatic nitrogens is 3. The second-order valence-corrected chi connectivity index (χ2v) is 14.7. The normalized spacial score (nSPS) is 16.8. The first-order chi connectivity index (χ1) is 21.6. The van der Waals surface area contributed by atoms with Crippen molar-refractivity contribution in [1.29, 1.82) is 0 Å². The molecule has 0 aliphatic carbocycles. The van der Waals surface area contributed by atoms with Gasteiger partial charge in [-0.1, -0.05) is 36.4 Å². The second-order valence-electron chi connectivity index (χ2n) is 9.81. The number of hydrogen-bond acceptors (Lipinski definition) is 10. The van der Waals surface area contributed by atoms with Crippen LogP contribution >= 0.6 is 11.3 Å². The van der Waals surface area contributed by atoms with Crippen molar-refractivity contribution in [2.75, 3.05) is 0 Å². The van der Waals surface area contributed by atoms with Crippen LogP contribution in [0, 0.1) is 0 Å². The van der Waals surface area contributed by atoms with Gasteiger partial charge in [-0.25, -0.2) is 31.6 Å². The third-order valence-corrected chi connectivity index (χ3v) is 11.4. The molecule has 2 atom stereocenters. The molecule has 3 aromatic heterocycles. The molecule has 0 spiro atoms. The second kappa shape index (κ2) is 12.7. The molecule has 0 radical (unpaired) electrons. The summed E-state index contributed by atoms with van der Waals surface area (Å²) in [4.78, 5) is 32.8. The summed E-state index contributed by atoms with van der Waals surface area (Å²) in [5.41, 5.74) is 2.69. The number of benzene rings is 2. The monoisotopic (exact) mass is 697 g/mol. The highest BCUT2D eigenvalue weighted by Gasteiger charge is 2.39. The van der Waals surface area contributed by atoms with Gasteiger partial charge >= 0.3 is 12.1 Å². The molecule has 1 aliphatic rings. The van der Waals surface area contributed by atoms with Crippen LogP contribution in [0.2, 0.25) is 0 Å². The Morgan fingerprint density at radius 2 is 1.83 bits per heavy atom. The van der Waals surface area contributed by atoms with Gasteiger partial charge < -0.3 is 14.5 Å². The van der Waals surface area contributed by atoms with Crippen molar-refractivity contribution < 1.29 is 49.1 Å². The van der Waals surface area contributed by atoms with Crippen molar-refractivity contribution in [3.05, 3.63) is 90.2 Å². The maximum Gasteiger partial charge on any atom is 0.490 e. The highest BCUT2D eigenvalue weighted by atomic mass is 32.2. The number of aliphatic carboxylic acids is 1. The predicted octanol–water partition coefficient (Wildman–Crippen LogP) is 4.07. The Morgan fingerprint density at radius 3 is 2.41 bits per heavy atom. The number of carboxylic acids is 1. The number of amides is 1. The summed E-state index contributed by atoms with van der Waals surface area (Å²) in [5, 5.41) is 6.17. The first-order valence-electron chi connectivity index (χ1n) is 13.0. The van der Waals surface area contributed by atoms with Crippen LogP contribution in [0.5, 0.6) is 0 Å². The van der Waals surface area contributed by atoms with Gasteiger partial charge in [0.05, 0.1) is 34.6 Å². The third kappa shape index (κ3) is 7.44. The van der Waals surface area contributed by atoms with Crippen LogP contribution in [0.25, 0.3) is 21.7 Å². The largest absolute Gasteiger partial charge is 0.490 e.